The summed E-state index contributed by atoms with van der Waals surface area (Å²) >= 11 is 0. The maximum atomic E-state index is 11.1. The van der Waals surface area contributed by atoms with E-state index in [-0.39, 0.29) is 5.91 Å². The maximum absolute atomic E-state index is 11.1. The number of benzene rings is 3. The van der Waals surface area contributed by atoms with Gasteiger partial charge < -0.3 is 34.3 Å². The zero-order chi connectivity index (χ0) is 27.2. The molecule has 10 heteroatoms. The van der Waals surface area contributed by atoms with E-state index in [1.165, 1.54) is 13.3 Å². The molecule has 2 heterocycles. The van der Waals surface area contributed by atoms with Gasteiger partial charge in [-0.05, 0) is 23.8 Å². The topological polar surface area (TPSA) is 113 Å². The molecule has 3 aromatic carbocycles. The van der Waals surface area contributed by atoms with Crippen LogP contribution < -0.4 is 34.3 Å². The van der Waals surface area contributed by atoms with Crippen LogP contribution in [0.1, 0.15) is 12.5 Å². The second-order valence-corrected chi connectivity index (χ2v) is 8.81. The molecule has 0 atom stereocenters. The summed E-state index contributed by atoms with van der Waals surface area (Å²) in [6, 6.07) is 15.3. The largest absolute Gasteiger partial charge is 0.496 e. The number of aromatic nitrogens is 2. The molecule has 39 heavy (non-hydrogen) atoms. The molecule has 1 aromatic heterocycles. The van der Waals surface area contributed by atoms with Crippen LogP contribution in [0.5, 0.6) is 34.6 Å². The molecule has 0 bridgehead atoms. The summed E-state index contributed by atoms with van der Waals surface area (Å²) < 4.78 is 29.0. The van der Waals surface area contributed by atoms with Gasteiger partial charge in [0.1, 0.15) is 36.8 Å². The lowest BCUT2D eigenvalue weighted by molar-refractivity contribution is -0.118. The number of ether oxygens (including phenoxy) is 5. The van der Waals surface area contributed by atoms with Crippen LogP contribution in [0.2, 0.25) is 0 Å². The third kappa shape index (κ3) is 5.80. The third-order valence-electron chi connectivity index (χ3n) is 6.25. The normalized spacial score (nSPS) is 12.2. The number of rotatable bonds is 10. The Kier molecular flexibility index (Phi) is 7.93. The van der Waals surface area contributed by atoms with E-state index in [0.29, 0.717) is 61.7 Å². The van der Waals surface area contributed by atoms with E-state index in [1.807, 2.05) is 36.4 Å². The fourth-order valence-electron chi connectivity index (χ4n) is 4.43. The zero-order valence-electron chi connectivity index (χ0n) is 22.1. The highest BCUT2D eigenvalue weighted by atomic mass is 16.6. The molecule has 0 saturated heterocycles. The van der Waals surface area contributed by atoms with Crippen molar-refractivity contribution in [2.75, 3.05) is 40.5 Å². The van der Waals surface area contributed by atoms with Crippen LogP contribution in [0, 0.1) is 0 Å². The number of methoxy groups -OCH3 is 2. The zero-order valence-corrected chi connectivity index (χ0v) is 22.1. The van der Waals surface area contributed by atoms with Crippen molar-refractivity contribution in [1.82, 2.24) is 20.6 Å². The highest BCUT2D eigenvalue weighted by molar-refractivity contribution is 5.96. The van der Waals surface area contributed by atoms with Crippen LogP contribution in [-0.2, 0) is 11.3 Å². The fourth-order valence-corrected chi connectivity index (χ4v) is 4.43. The summed E-state index contributed by atoms with van der Waals surface area (Å²) in [7, 11) is 3.19. The smallest absolute Gasteiger partial charge is 0.230 e. The van der Waals surface area contributed by atoms with Gasteiger partial charge in [-0.3, -0.25) is 4.79 Å². The highest BCUT2D eigenvalue weighted by Crippen LogP contribution is 2.40. The average molecular weight is 531 g/mol. The number of nitrogens with one attached hydrogen (secondary N) is 2. The summed E-state index contributed by atoms with van der Waals surface area (Å²) in [6.07, 6.45) is 1.49. The first kappa shape index (κ1) is 26.1. The first-order valence-electron chi connectivity index (χ1n) is 12.6. The van der Waals surface area contributed by atoms with Crippen LogP contribution in [-0.4, -0.2) is 56.4 Å². The van der Waals surface area contributed by atoms with Gasteiger partial charge >= 0.3 is 0 Å². The van der Waals surface area contributed by atoms with Gasteiger partial charge in [0.05, 0.1) is 30.7 Å². The van der Waals surface area contributed by atoms with Crippen molar-refractivity contribution in [3.05, 3.63) is 60.4 Å². The molecule has 1 aliphatic rings. The number of para-hydroxylation sites is 1. The van der Waals surface area contributed by atoms with Gasteiger partial charge in [-0.15, -0.1) is 0 Å². The molecule has 5 rings (SSSR count). The molecule has 2 N–H and O–H groups in total. The van der Waals surface area contributed by atoms with Crippen molar-refractivity contribution in [2.24, 2.45) is 0 Å². The Morgan fingerprint density at radius 1 is 0.949 bits per heavy atom. The minimum Gasteiger partial charge on any atom is -0.496 e. The molecule has 0 spiro atoms. The Labute approximate surface area is 226 Å². The van der Waals surface area contributed by atoms with Crippen molar-refractivity contribution in [1.29, 1.82) is 0 Å². The Bertz CT molecular complexity index is 1470. The summed E-state index contributed by atoms with van der Waals surface area (Å²) in [5.41, 5.74) is 3.46. The summed E-state index contributed by atoms with van der Waals surface area (Å²) in [6.45, 7) is 4.16. The predicted octanol–water partition coefficient (Wildman–Crippen LogP) is 4.10. The van der Waals surface area contributed by atoms with E-state index in [1.54, 1.807) is 26.4 Å². The second kappa shape index (κ2) is 11.9. The SMILES string of the molecule is COc1cc(Oc2ncnc3c(-c4ccc5c(c4)OCCO5)cccc23)cc(OC)c1CNCCNC(C)=O. The minimum absolute atomic E-state index is 0.0656. The summed E-state index contributed by atoms with van der Waals surface area (Å²) in [5.74, 6) is 3.51. The molecule has 10 nitrogen and oxygen atoms in total. The molecule has 0 aliphatic carbocycles. The molecule has 0 saturated carbocycles. The second-order valence-electron chi connectivity index (χ2n) is 8.81. The lowest BCUT2D eigenvalue weighted by Crippen LogP contribution is -2.30. The lowest BCUT2D eigenvalue weighted by Gasteiger charge is -2.19. The molecule has 0 radical (unpaired) electrons. The molecule has 4 aromatic rings. The molecule has 202 valence electrons. The average Bonchev–Trinajstić information content (AvgIpc) is 2.96. The van der Waals surface area contributed by atoms with Gasteiger partial charge in [-0.2, -0.15) is 0 Å². The number of hydrogen-bond acceptors (Lipinski definition) is 9. The van der Waals surface area contributed by atoms with Crippen molar-refractivity contribution in [3.8, 4) is 45.8 Å². The van der Waals surface area contributed by atoms with Crippen molar-refractivity contribution in [3.63, 3.8) is 0 Å². The first-order chi connectivity index (χ1) is 19.1. The van der Waals surface area contributed by atoms with E-state index >= 15 is 0 Å². The Hall–Kier alpha value is -4.57. The lowest BCUT2D eigenvalue weighted by atomic mass is 10.0. The van der Waals surface area contributed by atoms with Gasteiger partial charge in [0.15, 0.2) is 11.5 Å². The number of amides is 1. The number of carbonyl (C=O) groups is 1. The number of nitrogens with zero attached hydrogens (tertiary/aromatic N) is 2. The van der Waals surface area contributed by atoms with E-state index in [0.717, 1.165) is 33.3 Å². The highest BCUT2D eigenvalue weighted by Gasteiger charge is 2.18. The Morgan fingerprint density at radius 3 is 2.46 bits per heavy atom. The maximum Gasteiger partial charge on any atom is 0.230 e. The van der Waals surface area contributed by atoms with Gasteiger partial charge in [-0.25, -0.2) is 9.97 Å². The van der Waals surface area contributed by atoms with Crippen molar-refractivity contribution >= 4 is 16.8 Å². The number of carbonyl (C=O) groups excluding carboxylic acids is 1. The van der Waals surface area contributed by atoms with Gasteiger partial charge in [0, 0.05) is 44.3 Å². The molecule has 0 unspecified atom stereocenters. The predicted molar refractivity (Wildman–Crippen MR) is 146 cm³/mol. The third-order valence-corrected chi connectivity index (χ3v) is 6.25. The van der Waals surface area contributed by atoms with E-state index in [4.69, 9.17) is 23.7 Å². The van der Waals surface area contributed by atoms with Crippen LogP contribution in [0.3, 0.4) is 0 Å². The Balaban J connectivity index is 1.42. The van der Waals surface area contributed by atoms with Gasteiger partial charge in [-0.1, -0.05) is 18.2 Å². The standard InChI is InChI=1S/C29H30N4O6/c1-18(34)31-10-9-30-16-23-25(35-2)14-20(15-26(23)36-3)39-29-22-6-4-5-21(28(22)32-17-33-29)19-7-8-24-27(13-19)38-12-11-37-24/h4-8,13-15,17,30H,9-12,16H2,1-3H3,(H,31,34). The molecular formula is C29H30N4O6. The van der Waals surface area contributed by atoms with E-state index < -0.39 is 0 Å². The molecule has 1 aliphatic heterocycles. The monoisotopic (exact) mass is 530 g/mol. The summed E-state index contributed by atoms with van der Waals surface area (Å²) in [4.78, 5) is 20.1. The first-order valence-corrected chi connectivity index (χ1v) is 12.6. The Morgan fingerprint density at radius 2 is 1.72 bits per heavy atom. The molecule has 0 fully saturated rings. The number of hydrogen-bond donors (Lipinski definition) is 2. The molecular weight excluding hydrogens is 500 g/mol. The van der Waals surface area contributed by atoms with E-state index in [2.05, 4.69) is 20.6 Å². The van der Waals surface area contributed by atoms with Crippen LogP contribution in [0.4, 0.5) is 0 Å². The van der Waals surface area contributed by atoms with Gasteiger partial charge in [0.2, 0.25) is 11.8 Å². The van der Waals surface area contributed by atoms with Crippen molar-refractivity contribution in [2.45, 2.75) is 13.5 Å². The van der Waals surface area contributed by atoms with Crippen LogP contribution in [0.15, 0.2) is 54.9 Å². The van der Waals surface area contributed by atoms with Crippen LogP contribution >= 0.6 is 0 Å². The van der Waals surface area contributed by atoms with Crippen molar-refractivity contribution < 1.29 is 28.5 Å². The summed E-state index contributed by atoms with van der Waals surface area (Å²) in [5, 5.41) is 6.80. The number of fused-ring (bicyclic) bond motifs is 2. The minimum atomic E-state index is -0.0656. The fraction of sp³-hybridized carbons (Fsp3) is 0.276. The molecule has 1 amide bonds. The van der Waals surface area contributed by atoms with E-state index in [9.17, 15) is 4.79 Å². The van der Waals surface area contributed by atoms with Crippen LogP contribution in [0.25, 0.3) is 22.0 Å². The van der Waals surface area contributed by atoms with Gasteiger partial charge in [0.25, 0.3) is 0 Å². The quantitative estimate of drug-likeness (QED) is 0.293.